The van der Waals surface area contributed by atoms with Gasteiger partial charge in [-0.15, -0.1) is 0 Å². The van der Waals surface area contributed by atoms with Crippen LogP contribution in [0.3, 0.4) is 0 Å². The Labute approximate surface area is 102 Å². The Kier molecular flexibility index (Phi) is 6.02. The molecule has 0 heterocycles. The number of allylic oxidation sites excluding steroid dienone is 1. The van der Waals surface area contributed by atoms with E-state index in [1.54, 1.807) is 0 Å². The topological polar surface area (TPSA) is 63.6 Å². The molecule has 0 saturated carbocycles. The van der Waals surface area contributed by atoms with Crippen LogP contribution in [0.1, 0.15) is 13.3 Å². The summed E-state index contributed by atoms with van der Waals surface area (Å²) >= 11 is 16.0. The summed E-state index contributed by atoms with van der Waals surface area (Å²) in [5, 5.41) is 8.60. The van der Waals surface area contributed by atoms with Crippen LogP contribution in [0, 0.1) is 0 Å². The average Bonchev–Trinajstić information content (AvgIpc) is 2.09. The molecule has 0 atom stereocenters. The average molecular weight is 276 g/mol. The van der Waals surface area contributed by atoms with E-state index in [-0.39, 0.29) is 12.0 Å². The summed E-state index contributed by atoms with van der Waals surface area (Å²) < 4.78 is 2.86. The molecule has 0 aromatic rings. The first-order valence-electron chi connectivity index (χ1n) is 3.87. The van der Waals surface area contributed by atoms with Crippen molar-refractivity contribution in [2.45, 2.75) is 17.1 Å². The maximum Gasteiger partial charge on any atom is 0.331 e. The minimum Gasteiger partial charge on any atom is -0.478 e. The van der Waals surface area contributed by atoms with Crippen LogP contribution >= 0.6 is 34.8 Å². The molecular formula is C8H9Cl3O4. The molecule has 0 aliphatic rings. The molecule has 0 unspecified atom stereocenters. The van der Waals surface area contributed by atoms with Gasteiger partial charge in [-0.3, -0.25) is 4.79 Å². The number of rotatable bonds is 4. The van der Waals surface area contributed by atoms with Gasteiger partial charge in [-0.2, -0.15) is 0 Å². The Hall–Kier alpha value is -0.450. The van der Waals surface area contributed by atoms with Crippen molar-refractivity contribution in [1.29, 1.82) is 0 Å². The number of hydrogen-bond acceptors (Lipinski definition) is 3. The molecular weight excluding hydrogens is 266 g/mol. The molecule has 0 rings (SSSR count). The van der Waals surface area contributed by atoms with Crippen molar-refractivity contribution in [3.05, 3.63) is 11.6 Å². The van der Waals surface area contributed by atoms with E-state index in [1.807, 2.05) is 0 Å². The van der Waals surface area contributed by atoms with Gasteiger partial charge in [0.05, 0.1) is 6.42 Å². The van der Waals surface area contributed by atoms with Crippen molar-refractivity contribution in [1.82, 2.24) is 0 Å². The van der Waals surface area contributed by atoms with Crippen molar-refractivity contribution in [3.63, 3.8) is 0 Å². The van der Waals surface area contributed by atoms with Gasteiger partial charge in [-0.25, -0.2) is 4.79 Å². The summed E-state index contributed by atoms with van der Waals surface area (Å²) in [5.74, 6) is -1.93. The largest absolute Gasteiger partial charge is 0.478 e. The molecule has 0 aromatic carbocycles. The molecule has 0 saturated heterocycles. The molecule has 86 valence electrons. The maximum absolute atomic E-state index is 11.1. The number of esters is 1. The summed E-state index contributed by atoms with van der Waals surface area (Å²) in [4.78, 5) is 21.6. The molecule has 0 aromatic heterocycles. The van der Waals surface area contributed by atoms with Crippen LogP contribution in [-0.4, -0.2) is 27.4 Å². The van der Waals surface area contributed by atoms with Crippen LogP contribution in [0.25, 0.3) is 0 Å². The zero-order chi connectivity index (χ0) is 12.1. The second kappa shape index (κ2) is 6.20. The summed E-state index contributed by atoms with van der Waals surface area (Å²) in [7, 11) is 0. The first kappa shape index (κ1) is 14.6. The first-order chi connectivity index (χ1) is 6.76. The lowest BCUT2D eigenvalue weighted by atomic mass is 10.2. The van der Waals surface area contributed by atoms with Crippen LogP contribution in [0.2, 0.25) is 0 Å². The Balaban J connectivity index is 4.10. The second-order valence-electron chi connectivity index (χ2n) is 2.57. The highest BCUT2D eigenvalue weighted by molar-refractivity contribution is 6.67. The van der Waals surface area contributed by atoms with Gasteiger partial charge >= 0.3 is 11.9 Å². The molecule has 15 heavy (non-hydrogen) atoms. The third kappa shape index (κ3) is 7.48. The van der Waals surface area contributed by atoms with Crippen molar-refractivity contribution in [3.8, 4) is 0 Å². The fourth-order valence-electron chi connectivity index (χ4n) is 0.670. The van der Waals surface area contributed by atoms with E-state index in [9.17, 15) is 9.59 Å². The molecule has 0 spiro atoms. The zero-order valence-corrected chi connectivity index (χ0v) is 10.1. The highest BCUT2D eigenvalue weighted by Gasteiger charge is 2.23. The van der Waals surface area contributed by atoms with Gasteiger partial charge in [0.1, 0.15) is 6.61 Å². The Bertz CT molecular complexity index is 280. The molecule has 0 radical (unpaired) electrons. The number of carbonyl (C=O) groups excluding carboxylic acids is 1. The minimum atomic E-state index is -1.69. The van der Waals surface area contributed by atoms with Crippen LogP contribution in [-0.2, 0) is 14.3 Å². The number of carboxylic acids is 1. The number of carbonyl (C=O) groups is 2. The van der Waals surface area contributed by atoms with E-state index in [0.29, 0.717) is 0 Å². The van der Waals surface area contributed by atoms with E-state index < -0.39 is 22.3 Å². The van der Waals surface area contributed by atoms with Crippen LogP contribution in [0.5, 0.6) is 0 Å². The van der Waals surface area contributed by atoms with Crippen molar-refractivity contribution in [2.75, 3.05) is 6.61 Å². The van der Waals surface area contributed by atoms with Gasteiger partial charge in [0.2, 0.25) is 3.79 Å². The highest BCUT2D eigenvalue weighted by Crippen LogP contribution is 2.26. The SMILES string of the molecule is CC=C(CC(=O)OCC(Cl)(Cl)Cl)C(=O)O. The third-order valence-corrected chi connectivity index (χ3v) is 1.68. The molecule has 4 nitrogen and oxygen atoms in total. The standard InChI is InChI=1S/C8H9Cl3O4/c1-2-5(7(13)14)3-6(12)15-4-8(9,10)11/h2H,3-4H2,1H3,(H,13,14). The van der Waals surface area contributed by atoms with Crippen molar-refractivity contribution < 1.29 is 19.4 Å². The lowest BCUT2D eigenvalue weighted by Gasteiger charge is -2.11. The molecule has 0 aliphatic carbocycles. The summed E-state index contributed by atoms with van der Waals surface area (Å²) in [6.07, 6.45) is 0.950. The molecule has 0 fully saturated rings. The summed E-state index contributed by atoms with van der Waals surface area (Å²) in [6, 6.07) is 0. The Morgan fingerprint density at radius 3 is 2.27 bits per heavy atom. The van der Waals surface area contributed by atoms with Gasteiger partial charge in [-0.05, 0) is 6.92 Å². The smallest absolute Gasteiger partial charge is 0.331 e. The van der Waals surface area contributed by atoms with E-state index in [4.69, 9.17) is 39.9 Å². The van der Waals surface area contributed by atoms with Crippen LogP contribution in [0.4, 0.5) is 0 Å². The van der Waals surface area contributed by atoms with Gasteiger partial charge < -0.3 is 9.84 Å². The van der Waals surface area contributed by atoms with E-state index in [0.717, 1.165) is 0 Å². The lowest BCUT2D eigenvalue weighted by molar-refractivity contribution is -0.144. The normalized spacial score (nSPS) is 12.4. The molecule has 1 N–H and O–H groups in total. The summed E-state index contributed by atoms with van der Waals surface area (Å²) in [6.45, 7) is 1.10. The lowest BCUT2D eigenvalue weighted by Crippen LogP contribution is -2.18. The van der Waals surface area contributed by atoms with Gasteiger partial charge in [0.25, 0.3) is 0 Å². The van der Waals surface area contributed by atoms with Gasteiger partial charge in [0, 0.05) is 5.57 Å². The summed E-state index contributed by atoms with van der Waals surface area (Å²) in [5.41, 5.74) is -0.0654. The number of aliphatic carboxylic acids is 1. The fraction of sp³-hybridized carbons (Fsp3) is 0.500. The van der Waals surface area contributed by atoms with E-state index >= 15 is 0 Å². The first-order valence-corrected chi connectivity index (χ1v) is 5.00. The van der Waals surface area contributed by atoms with E-state index in [2.05, 4.69) is 4.74 Å². The number of hydrogen-bond donors (Lipinski definition) is 1. The molecule has 0 amide bonds. The number of ether oxygens (including phenoxy) is 1. The molecule has 0 bridgehead atoms. The number of carboxylic acid groups (broad SMARTS) is 1. The Morgan fingerprint density at radius 1 is 1.40 bits per heavy atom. The number of alkyl halides is 3. The monoisotopic (exact) mass is 274 g/mol. The van der Waals surface area contributed by atoms with Crippen LogP contribution in [0.15, 0.2) is 11.6 Å². The number of halogens is 3. The molecule has 0 aliphatic heterocycles. The minimum absolute atomic E-state index is 0.0654. The van der Waals surface area contributed by atoms with Crippen molar-refractivity contribution >= 4 is 46.7 Å². The van der Waals surface area contributed by atoms with Crippen LogP contribution < -0.4 is 0 Å². The predicted molar refractivity (Wildman–Crippen MR) is 57.3 cm³/mol. The zero-order valence-electron chi connectivity index (χ0n) is 7.80. The quantitative estimate of drug-likeness (QED) is 0.486. The van der Waals surface area contributed by atoms with Gasteiger partial charge in [0.15, 0.2) is 0 Å². The maximum atomic E-state index is 11.1. The highest BCUT2D eigenvalue weighted by atomic mass is 35.6. The van der Waals surface area contributed by atoms with Crippen molar-refractivity contribution in [2.24, 2.45) is 0 Å². The third-order valence-electron chi connectivity index (χ3n) is 1.35. The van der Waals surface area contributed by atoms with E-state index in [1.165, 1.54) is 13.0 Å². The fourth-order valence-corrected chi connectivity index (χ4v) is 0.834. The Morgan fingerprint density at radius 2 is 1.93 bits per heavy atom. The van der Waals surface area contributed by atoms with Gasteiger partial charge in [-0.1, -0.05) is 40.9 Å². The second-order valence-corrected chi connectivity index (χ2v) is 5.09. The molecule has 7 heteroatoms. The predicted octanol–water partition coefficient (Wildman–Crippen LogP) is 2.32.